The van der Waals surface area contributed by atoms with Gasteiger partial charge in [0, 0.05) is 35.5 Å². The molecule has 0 saturated heterocycles. The molecule has 6 aromatic carbocycles. The predicted octanol–water partition coefficient (Wildman–Crippen LogP) is 35.4. The van der Waals surface area contributed by atoms with Crippen LogP contribution in [0, 0.1) is 0 Å². The molecule has 0 N–H and O–H groups in total. The highest BCUT2D eigenvalue weighted by Crippen LogP contribution is 2.36. The van der Waals surface area contributed by atoms with Crippen molar-refractivity contribution in [2.24, 2.45) is 0 Å². The quantitative estimate of drug-likeness (QED) is 0.0344. The van der Waals surface area contributed by atoms with Gasteiger partial charge in [0.05, 0.1) is 40.4 Å². The minimum atomic E-state index is -2.80. The van der Waals surface area contributed by atoms with E-state index in [2.05, 4.69) is 438 Å². The van der Waals surface area contributed by atoms with Gasteiger partial charge in [-0.3, -0.25) is 0 Å². The van der Waals surface area contributed by atoms with E-state index in [1.165, 1.54) is 134 Å². The summed E-state index contributed by atoms with van der Waals surface area (Å²) in [5.41, 5.74) is 25.8. The Morgan fingerprint density at radius 1 is 0.171 bits per heavy atom. The molecule has 812 valence electrons. The molecule has 25 heteroatoms. The molecule has 10 nitrogen and oxygen atoms in total. The van der Waals surface area contributed by atoms with Crippen molar-refractivity contribution in [3.8, 4) is 0 Å². The van der Waals surface area contributed by atoms with Gasteiger partial charge in [0.1, 0.15) is 0 Å². The highest BCUT2D eigenvalue weighted by Gasteiger charge is 2.51. The van der Waals surface area contributed by atoms with Gasteiger partial charge < -0.3 is 42.7 Å². The summed E-state index contributed by atoms with van der Waals surface area (Å²) in [5, 5.41) is 7.60. The lowest BCUT2D eigenvalue weighted by atomic mass is 10.4. The van der Waals surface area contributed by atoms with Crippen molar-refractivity contribution >= 4 is 156 Å². The van der Waals surface area contributed by atoms with Gasteiger partial charge in [-0.15, -0.1) is 0 Å². The molecule has 6 aromatic rings. The van der Waals surface area contributed by atoms with E-state index < -0.39 is 125 Å². The highest BCUT2D eigenvalue weighted by atomic mass is 28.5. The van der Waals surface area contributed by atoms with Crippen LogP contribution >= 0.6 is 0 Å². The number of hydrogen-bond donors (Lipinski definition) is 0. The Bertz CT molecular complexity index is 3900. The van der Waals surface area contributed by atoms with Gasteiger partial charge in [0.15, 0.2) is 0 Å². The van der Waals surface area contributed by atoms with E-state index in [1.54, 1.807) is 14.2 Å². The van der Waals surface area contributed by atoms with Crippen LogP contribution in [0.3, 0.4) is 0 Å². The van der Waals surface area contributed by atoms with E-state index in [0.29, 0.717) is 0 Å². The van der Waals surface area contributed by atoms with Crippen LogP contribution in [0.25, 0.3) is 0 Å². The highest BCUT2D eigenvalue weighted by molar-refractivity contribution is 7.07. The van der Waals surface area contributed by atoms with E-state index in [-0.39, 0.29) is 74.3 Å². The summed E-state index contributed by atoms with van der Waals surface area (Å²) in [6.07, 6.45) is 0. The summed E-state index contributed by atoms with van der Waals surface area (Å²) < 4.78 is 65.3. The molecular weight excluding hydrogens is 1960 g/mol. The third kappa shape index (κ3) is 43.4. The first kappa shape index (κ1) is 155. The minimum Gasteiger partial charge on any atom is -0.432 e. The van der Waals surface area contributed by atoms with E-state index in [9.17, 15) is 0 Å². The average molecular weight is 2200 g/mol. The maximum Gasteiger partial charge on any atom is 0.396 e. The van der Waals surface area contributed by atoms with Crippen LogP contribution in [0.1, 0.15) is 247 Å². The summed E-state index contributed by atoms with van der Waals surface area (Å²) in [5.74, 6) is 0. The van der Waals surface area contributed by atoms with Crippen LogP contribution in [-0.2, 0) is 42.7 Å². The first-order chi connectivity index (χ1) is 62.0. The van der Waals surface area contributed by atoms with Gasteiger partial charge in [-0.2, -0.15) is 0 Å². The molecule has 0 fully saturated rings. The van der Waals surface area contributed by atoms with Crippen LogP contribution < -0.4 is 31.1 Å². The average Bonchev–Trinajstić information content (AvgIpc) is 0.769. The van der Waals surface area contributed by atoms with E-state index in [0.717, 1.165) is 48.4 Å². The smallest absolute Gasteiger partial charge is 0.396 e. The molecular formula is C115H232O10Si15. The molecule has 140 heavy (non-hydrogen) atoms. The summed E-state index contributed by atoms with van der Waals surface area (Å²) in [6, 6.07) is 95.2. The molecule has 0 atom stereocenters. The van der Waals surface area contributed by atoms with Crippen molar-refractivity contribution in [1.29, 1.82) is 0 Å². The molecule has 0 spiro atoms. The molecule has 0 bridgehead atoms. The second-order valence-corrected chi connectivity index (χ2v) is 101. The Kier molecular flexibility index (Phi) is 84.3. The SMILES string of the molecule is C.C.C.C.C.C.C.C.C.C.CC[Si](C=C[Si](CC)(CC)O[Si](C)(C)OC)(CC)CC.CC[Si](C=C[Si](CC)(CC)O[Si](CC)(CC)OC)(CC)CC.CC[Si](C=C[Si](CC)(CC)O[Si](OC)(c1ccccc1)c1ccccc1)(CC)CC.CC[Si](C=C[Si](O[Si](C)(C)OC)(c1ccccc1)c1ccccc1)(CC)CC.CC[Si](C=C[Si](O[Si](CC)(CC)OC)(c1ccccc1)c1ccccc1)(CC)CC. The molecule has 0 saturated carbocycles. The molecule has 0 unspecified atom stereocenters. The molecule has 0 amide bonds. The van der Waals surface area contributed by atoms with Gasteiger partial charge in [-0.05, 0) is 118 Å². The van der Waals surface area contributed by atoms with E-state index >= 15 is 0 Å². The van der Waals surface area contributed by atoms with Crippen LogP contribution in [0.4, 0.5) is 0 Å². The monoisotopic (exact) mass is 2190 g/mol. The van der Waals surface area contributed by atoms with E-state index in [4.69, 9.17) is 42.7 Å². The third-order valence-corrected chi connectivity index (χ3v) is 99.7. The maximum atomic E-state index is 7.37. The number of benzene rings is 6. The molecule has 6 rings (SSSR count). The first-order valence-corrected chi connectivity index (χ1v) is 87.7. The Hall–Kier alpha value is -3.13. The molecule has 0 heterocycles. The van der Waals surface area contributed by atoms with Crippen molar-refractivity contribution in [3.63, 3.8) is 0 Å². The summed E-state index contributed by atoms with van der Waals surface area (Å²) in [6.45, 7) is 66.8. The van der Waals surface area contributed by atoms with Gasteiger partial charge in [-0.25, -0.2) is 0 Å². The minimum absolute atomic E-state index is 0. The Labute approximate surface area is 890 Å². The van der Waals surface area contributed by atoms with Crippen molar-refractivity contribution in [2.45, 2.75) is 425 Å². The maximum absolute atomic E-state index is 7.37. The fourth-order valence-electron chi connectivity index (χ4n) is 18.1. The normalized spacial score (nSPS) is 12.5. The zero-order valence-electron chi connectivity index (χ0n) is 89.4. The summed E-state index contributed by atoms with van der Waals surface area (Å²) in [4.78, 5) is 0. The zero-order chi connectivity index (χ0) is 98.0. The second-order valence-electron chi connectivity index (χ2n) is 36.9. The standard InChI is InChI=1S/2C25H40O2Si3.C23H36O2Si3.C17H40O2Si3.C15H36O2Si3.10CH4/c1-7-28(8-2,9-3)22-23-30(24-18-14-12-15-19-24,25-20-16-13-17-21-25)27-29(10-4,11-5)26-6;1-7-28(8-2,9-3)22-23-29(10-4,11-5)27-30(26-6,24-18-14-12-15-19-24)25-20-16-13-17-21-25;1-7-27(8-2,9-3)20-21-28(25-26(5,6)24-4,22-16-12-10-13-17-22)23-18-14-11-15-19-23;1-9-20(10-2,11-3)16-17-21(12-4,13-5)19-22(14-6,15-7)18-8;1-9-19(10-2,11-3)14-15-20(12-4,13-5)17-18(7,8)16-6;;;;;;;;;;/h2*12-23H,7-11H2,1-6H3;10-21H,7-9H2,1-6H3;16-17H,9-15H2,1-8H3;14-15H,9-13H2,1-8H3;10*1H4. The predicted molar refractivity (Wildman–Crippen MR) is 682 cm³/mol. The Morgan fingerprint density at radius 3 is 0.536 bits per heavy atom. The zero-order valence-corrected chi connectivity index (χ0v) is 104. The van der Waals surface area contributed by atoms with Crippen LogP contribution in [0.15, 0.2) is 239 Å². The largest absolute Gasteiger partial charge is 0.432 e. The van der Waals surface area contributed by atoms with Crippen LogP contribution in [-0.4, -0.2) is 160 Å². The van der Waals surface area contributed by atoms with Gasteiger partial charge >= 0.3 is 42.8 Å². The van der Waals surface area contributed by atoms with Crippen LogP contribution in [0.2, 0.25) is 177 Å². The van der Waals surface area contributed by atoms with Gasteiger partial charge in [-0.1, -0.05) is 577 Å². The summed E-state index contributed by atoms with van der Waals surface area (Å²) in [7, 11) is -19.8. The lowest BCUT2D eigenvalue weighted by molar-refractivity contribution is 0.295. The Balaban J connectivity index is -0.000000217. The van der Waals surface area contributed by atoms with Crippen molar-refractivity contribution in [1.82, 2.24) is 0 Å². The van der Waals surface area contributed by atoms with Crippen molar-refractivity contribution < 1.29 is 42.7 Å². The molecule has 0 aliphatic rings. The fraction of sp³-hybridized carbons (Fsp3) is 0.600. The van der Waals surface area contributed by atoms with Gasteiger partial charge in [0.2, 0.25) is 25.0 Å². The van der Waals surface area contributed by atoms with E-state index in [1.807, 2.05) is 21.3 Å². The molecule has 0 radical (unpaired) electrons. The number of rotatable bonds is 56. The first-order valence-electron chi connectivity index (χ1n) is 51.1. The Morgan fingerprint density at radius 2 is 0.350 bits per heavy atom. The lowest BCUT2D eigenvalue weighted by Gasteiger charge is -2.40. The van der Waals surface area contributed by atoms with Crippen molar-refractivity contribution in [3.05, 3.63) is 239 Å². The number of hydrogen-bond acceptors (Lipinski definition) is 10. The lowest BCUT2D eigenvalue weighted by Crippen LogP contribution is -2.67. The van der Waals surface area contributed by atoms with Crippen LogP contribution in [0.5, 0.6) is 0 Å². The van der Waals surface area contributed by atoms with Crippen molar-refractivity contribution in [2.75, 3.05) is 35.5 Å². The molecule has 0 aliphatic carbocycles. The third-order valence-electron chi connectivity index (χ3n) is 30.9. The molecule has 0 aliphatic heterocycles. The second kappa shape index (κ2) is 76.4. The fourth-order valence-corrected chi connectivity index (χ4v) is 79.3. The topological polar surface area (TPSA) is 92.3 Å². The summed E-state index contributed by atoms with van der Waals surface area (Å²) >= 11 is 0. The molecule has 0 aromatic heterocycles. The van der Waals surface area contributed by atoms with Gasteiger partial charge in [0.25, 0.3) is 16.6 Å².